The summed E-state index contributed by atoms with van der Waals surface area (Å²) in [4.78, 5) is 20.0. The van der Waals surface area contributed by atoms with Crippen molar-refractivity contribution in [3.05, 3.63) is 73.8 Å². The maximum Gasteiger partial charge on any atom is 0.416 e. The predicted molar refractivity (Wildman–Crippen MR) is 91.7 cm³/mol. The maximum absolute atomic E-state index is 12.9. The Bertz CT molecular complexity index is 850. The van der Waals surface area contributed by atoms with Crippen molar-refractivity contribution >= 4 is 23.3 Å². The Morgan fingerprint density at radius 1 is 1.07 bits per heavy atom. The topological polar surface area (TPSA) is 111 Å². The highest BCUT2D eigenvalue weighted by Crippen LogP contribution is 2.41. The summed E-state index contributed by atoms with van der Waals surface area (Å²) in [6.45, 7) is 1.76. The third-order valence-electron chi connectivity index (χ3n) is 3.62. The Kier molecular flexibility index (Phi) is 5.73. The molecule has 0 spiro atoms. The highest BCUT2D eigenvalue weighted by Gasteiger charge is 2.37. The van der Waals surface area contributed by atoms with Gasteiger partial charge in [-0.1, -0.05) is 37.3 Å². The summed E-state index contributed by atoms with van der Waals surface area (Å²) in [6.07, 6.45) is -3.64. The van der Waals surface area contributed by atoms with Crippen LogP contribution in [-0.4, -0.2) is 16.1 Å². The minimum absolute atomic E-state index is 0.228. The SMILES string of the molecule is C[C@H](/C=N\Nc1c([N+](=O)[O-])cc(C(F)(F)F)cc1[N+](=O)[O-])c1ccccc1. The van der Waals surface area contributed by atoms with E-state index in [4.69, 9.17) is 0 Å². The Morgan fingerprint density at radius 2 is 1.59 bits per heavy atom. The number of nitro groups is 2. The molecule has 0 heterocycles. The molecular formula is C16H13F3N4O4. The normalized spacial score (nSPS) is 12.7. The van der Waals surface area contributed by atoms with E-state index in [2.05, 4.69) is 10.5 Å². The van der Waals surface area contributed by atoms with Gasteiger partial charge < -0.3 is 0 Å². The monoisotopic (exact) mass is 382 g/mol. The average Bonchev–Trinajstić information content (AvgIpc) is 2.60. The summed E-state index contributed by atoms with van der Waals surface area (Å²) in [5.74, 6) is -0.244. The van der Waals surface area contributed by atoms with Crippen molar-refractivity contribution in [3.63, 3.8) is 0 Å². The fraction of sp³-hybridized carbons (Fsp3) is 0.188. The van der Waals surface area contributed by atoms with Crippen LogP contribution in [0.3, 0.4) is 0 Å². The van der Waals surface area contributed by atoms with Crippen molar-refractivity contribution in [2.24, 2.45) is 5.10 Å². The number of nitro benzene ring substituents is 2. The smallest absolute Gasteiger partial charge is 0.266 e. The molecule has 2 rings (SSSR count). The molecule has 0 aromatic heterocycles. The van der Waals surface area contributed by atoms with E-state index in [1.54, 1.807) is 37.3 Å². The van der Waals surface area contributed by atoms with E-state index in [1.807, 2.05) is 0 Å². The number of hydrogen-bond acceptors (Lipinski definition) is 6. The second kappa shape index (κ2) is 7.81. The number of benzene rings is 2. The first-order chi connectivity index (χ1) is 12.6. The van der Waals surface area contributed by atoms with Crippen molar-refractivity contribution < 1.29 is 23.0 Å². The van der Waals surface area contributed by atoms with Crippen LogP contribution in [0.2, 0.25) is 0 Å². The largest absolute Gasteiger partial charge is 0.416 e. The average molecular weight is 382 g/mol. The van der Waals surface area contributed by atoms with Gasteiger partial charge in [0.15, 0.2) is 0 Å². The van der Waals surface area contributed by atoms with Crippen LogP contribution in [0.25, 0.3) is 0 Å². The van der Waals surface area contributed by atoms with Crippen LogP contribution in [0.15, 0.2) is 47.6 Å². The van der Waals surface area contributed by atoms with Gasteiger partial charge in [-0.15, -0.1) is 0 Å². The molecule has 0 amide bonds. The Morgan fingerprint density at radius 3 is 2.04 bits per heavy atom. The van der Waals surface area contributed by atoms with E-state index < -0.39 is 38.6 Å². The number of anilines is 1. The Labute approximate surface area is 150 Å². The highest BCUT2D eigenvalue weighted by molar-refractivity contribution is 5.77. The Hall–Kier alpha value is -3.50. The third kappa shape index (κ3) is 4.77. The van der Waals surface area contributed by atoms with E-state index in [0.29, 0.717) is 0 Å². The van der Waals surface area contributed by atoms with Gasteiger partial charge in [-0.25, -0.2) is 0 Å². The van der Waals surface area contributed by atoms with Crippen molar-refractivity contribution in [3.8, 4) is 0 Å². The Balaban J connectivity index is 2.41. The molecular weight excluding hydrogens is 369 g/mol. The standard InChI is InChI=1S/C16H13F3N4O4/c1-10(11-5-3-2-4-6-11)9-20-21-15-13(22(24)25)7-12(16(17,18)19)8-14(15)23(26)27/h2-10,21H,1H3/b20-9-/t10-/m1/s1. The van der Waals surface area contributed by atoms with Crippen molar-refractivity contribution in [2.75, 3.05) is 5.43 Å². The lowest BCUT2D eigenvalue weighted by Crippen LogP contribution is -2.09. The number of nitrogens with one attached hydrogen (secondary N) is 1. The number of rotatable bonds is 6. The van der Waals surface area contributed by atoms with Gasteiger partial charge >= 0.3 is 17.6 Å². The summed E-state index contributed by atoms with van der Waals surface area (Å²) in [7, 11) is 0. The molecule has 0 aliphatic rings. The van der Waals surface area contributed by atoms with Gasteiger partial charge in [-0.2, -0.15) is 18.3 Å². The number of alkyl halides is 3. The molecule has 2 aromatic carbocycles. The quantitative estimate of drug-likeness (QED) is 0.441. The lowest BCUT2D eigenvalue weighted by Gasteiger charge is -2.10. The molecule has 11 heteroatoms. The number of halogens is 3. The number of hydrazone groups is 1. The molecule has 0 unspecified atom stereocenters. The predicted octanol–water partition coefficient (Wildman–Crippen LogP) is 4.72. The van der Waals surface area contributed by atoms with Crippen LogP contribution in [0, 0.1) is 20.2 Å². The first kappa shape index (κ1) is 19.8. The molecule has 2 aromatic rings. The molecule has 0 radical (unpaired) electrons. The first-order valence-corrected chi connectivity index (χ1v) is 7.49. The van der Waals surface area contributed by atoms with Gasteiger partial charge in [0, 0.05) is 24.3 Å². The van der Waals surface area contributed by atoms with E-state index in [9.17, 15) is 33.4 Å². The highest BCUT2D eigenvalue weighted by atomic mass is 19.4. The van der Waals surface area contributed by atoms with Crippen LogP contribution in [-0.2, 0) is 6.18 Å². The number of nitrogens with zero attached hydrogens (tertiary/aromatic N) is 3. The van der Waals surface area contributed by atoms with Gasteiger partial charge in [0.25, 0.3) is 0 Å². The molecule has 1 atom stereocenters. The van der Waals surface area contributed by atoms with Crippen molar-refractivity contribution in [1.29, 1.82) is 0 Å². The number of hydrogen-bond donors (Lipinski definition) is 1. The van der Waals surface area contributed by atoms with Gasteiger partial charge in [0.1, 0.15) is 0 Å². The van der Waals surface area contributed by atoms with Crippen LogP contribution in [0.1, 0.15) is 24.0 Å². The maximum atomic E-state index is 12.9. The van der Waals surface area contributed by atoms with Gasteiger partial charge in [0.05, 0.1) is 15.4 Å². The lowest BCUT2D eigenvalue weighted by molar-refractivity contribution is -0.392. The van der Waals surface area contributed by atoms with Crippen molar-refractivity contribution in [2.45, 2.75) is 19.0 Å². The fourth-order valence-corrected chi connectivity index (χ4v) is 2.23. The van der Waals surface area contributed by atoms with E-state index in [0.717, 1.165) is 5.56 Å². The molecule has 0 aliphatic carbocycles. The minimum Gasteiger partial charge on any atom is -0.266 e. The molecule has 8 nitrogen and oxygen atoms in total. The molecule has 0 saturated heterocycles. The van der Waals surface area contributed by atoms with E-state index >= 15 is 0 Å². The fourth-order valence-electron chi connectivity index (χ4n) is 2.23. The zero-order valence-corrected chi connectivity index (χ0v) is 13.8. The zero-order chi connectivity index (χ0) is 20.2. The van der Waals surface area contributed by atoms with Crippen LogP contribution < -0.4 is 5.43 Å². The molecule has 0 saturated carbocycles. The summed E-state index contributed by atoms with van der Waals surface area (Å²) in [5.41, 5.74) is -1.41. The van der Waals surface area contributed by atoms with E-state index in [-0.39, 0.29) is 18.1 Å². The summed E-state index contributed by atoms with van der Waals surface area (Å²) < 4.78 is 38.6. The molecule has 142 valence electrons. The van der Waals surface area contributed by atoms with Crippen LogP contribution in [0.5, 0.6) is 0 Å². The molecule has 1 N–H and O–H groups in total. The van der Waals surface area contributed by atoms with Crippen LogP contribution in [0.4, 0.5) is 30.2 Å². The third-order valence-corrected chi connectivity index (χ3v) is 3.62. The summed E-state index contributed by atoms with van der Waals surface area (Å²) in [6, 6.07) is 9.45. The second-order valence-corrected chi connectivity index (χ2v) is 5.49. The first-order valence-electron chi connectivity index (χ1n) is 7.49. The van der Waals surface area contributed by atoms with Crippen LogP contribution >= 0.6 is 0 Å². The summed E-state index contributed by atoms with van der Waals surface area (Å²) >= 11 is 0. The molecule has 27 heavy (non-hydrogen) atoms. The summed E-state index contributed by atoms with van der Waals surface area (Å²) in [5, 5.41) is 26.0. The minimum atomic E-state index is -4.97. The zero-order valence-electron chi connectivity index (χ0n) is 13.8. The molecule has 0 bridgehead atoms. The van der Waals surface area contributed by atoms with E-state index in [1.165, 1.54) is 6.21 Å². The molecule has 0 aliphatic heterocycles. The lowest BCUT2D eigenvalue weighted by atomic mass is 10.0. The van der Waals surface area contributed by atoms with Crippen molar-refractivity contribution in [1.82, 2.24) is 0 Å². The van der Waals surface area contributed by atoms with Gasteiger partial charge in [0.2, 0.25) is 5.69 Å². The molecule has 0 fully saturated rings. The van der Waals surface area contributed by atoms with Gasteiger partial charge in [-0.3, -0.25) is 25.7 Å². The second-order valence-electron chi connectivity index (χ2n) is 5.49. The van der Waals surface area contributed by atoms with Gasteiger partial charge in [-0.05, 0) is 5.56 Å².